The molecule has 0 N–H and O–H groups in total. The third-order valence-corrected chi connectivity index (χ3v) is 4.01. The van der Waals surface area contributed by atoms with E-state index in [1.54, 1.807) is 11.3 Å². The van der Waals surface area contributed by atoms with Crippen LogP contribution in [0.15, 0.2) is 15.9 Å². The highest BCUT2D eigenvalue weighted by atomic mass is 79.9. The topological polar surface area (TPSA) is 0 Å². The fourth-order valence-corrected chi connectivity index (χ4v) is 3.87. The zero-order chi connectivity index (χ0) is 7.14. The Hall–Kier alpha value is 0.140. The quantitative estimate of drug-likeness (QED) is 0.644. The molecule has 2 heterocycles. The molecule has 2 rings (SSSR count). The van der Waals surface area contributed by atoms with E-state index in [4.69, 9.17) is 0 Å². The van der Waals surface area contributed by atoms with Crippen LogP contribution in [0.3, 0.4) is 0 Å². The molecule has 0 radical (unpaired) electrons. The highest BCUT2D eigenvalue weighted by Gasteiger charge is 2.01. The number of fused-ring (bicyclic) bond motifs is 1. The molecule has 52 valence electrons. The SMILES string of the molecule is Cc1cc2sc(Br)cc2s1. The Morgan fingerprint density at radius 2 is 1.90 bits per heavy atom. The van der Waals surface area contributed by atoms with Crippen LogP contribution in [-0.2, 0) is 0 Å². The monoisotopic (exact) mass is 232 g/mol. The summed E-state index contributed by atoms with van der Waals surface area (Å²) >= 11 is 7.11. The average Bonchev–Trinajstić information content (AvgIpc) is 2.21. The highest BCUT2D eigenvalue weighted by Crippen LogP contribution is 2.35. The van der Waals surface area contributed by atoms with Crippen LogP contribution in [0.5, 0.6) is 0 Å². The van der Waals surface area contributed by atoms with Gasteiger partial charge in [-0.3, -0.25) is 0 Å². The van der Waals surface area contributed by atoms with Gasteiger partial charge >= 0.3 is 0 Å². The molecule has 0 unspecified atom stereocenters. The van der Waals surface area contributed by atoms with Crippen LogP contribution in [0.1, 0.15) is 4.88 Å². The van der Waals surface area contributed by atoms with E-state index < -0.39 is 0 Å². The minimum atomic E-state index is 1.23. The van der Waals surface area contributed by atoms with E-state index in [1.165, 1.54) is 18.1 Å². The lowest BCUT2D eigenvalue weighted by atomic mass is 10.5. The summed E-state index contributed by atoms with van der Waals surface area (Å²) in [7, 11) is 0. The predicted molar refractivity (Wildman–Crippen MR) is 52.1 cm³/mol. The minimum absolute atomic E-state index is 1.23. The molecular formula is C7H5BrS2. The predicted octanol–water partition coefficient (Wildman–Crippen LogP) is 4.03. The van der Waals surface area contributed by atoms with Gasteiger partial charge < -0.3 is 0 Å². The van der Waals surface area contributed by atoms with Crippen LogP contribution in [0.25, 0.3) is 9.40 Å². The Kier molecular flexibility index (Phi) is 1.59. The molecule has 0 aliphatic carbocycles. The summed E-state index contributed by atoms with van der Waals surface area (Å²) in [6.45, 7) is 2.14. The Morgan fingerprint density at radius 1 is 1.20 bits per heavy atom. The fraction of sp³-hybridized carbons (Fsp3) is 0.143. The van der Waals surface area contributed by atoms with Crippen LogP contribution in [0.2, 0.25) is 0 Å². The summed E-state index contributed by atoms with van der Waals surface area (Å²) in [4.78, 5) is 1.40. The zero-order valence-electron chi connectivity index (χ0n) is 5.35. The molecule has 0 bridgehead atoms. The molecule has 2 aromatic rings. The van der Waals surface area contributed by atoms with Crippen molar-refractivity contribution in [2.75, 3.05) is 0 Å². The van der Waals surface area contributed by atoms with Gasteiger partial charge in [0.2, 0.25) is 0 Å². The molecular weight excluding hydrogens is 228 g/mol. The van der Waals surface area contributed by atoms with Crippen LogP contribution >= 0.6 is 38.6 Å². The standard InChI is InChI=1S/C7H5BrS2/c1-4-2-5-6(9-4)3-7(8)10-5/h2-3H,1H3. The van der Waals surface area contributed by atoms with Gasteiger partial charge in [0.05, 0.1) is 3.79 Å². The third kappa shape index (κ3) is 1.02. The van der Waals surface area contributed by atoms with Crippen molar-refractivity contribution in [1.29, 1.82) is 0 Å². The molecule has 0 aliphatic rings. The van der Waals surface area contributed by atoms with Crippen molar-refractivity contribution in [3.63, 3.8) is 0 Å². The molecule has 0 saturated carbocycles. The van der Waals surface area contributed by atoms with E-state index >= 15 is 0 Å². The van der Waals surface area contributed by atoms with E-state index in [1.807, 2.05) is 11.3 Å². The first-order chi connectivity index (χ1) is 4.75. The van der Waals surface area contributed by atoms with E-state index in [-0.39, 0.29) is 0 Å². The van der Waals surface area contributed by atoms with Crippen molar-refractivity contribution in [3.8, 4) is 0 Å². The van der Waals surface area contributed by atoms with Crippen molar-refractivity contribution >= 4 is 48.0 Å². The van der Waals surface area contributed by atoms with Crippen molar-refractivity contribution in [2.45, 2.75) is 6.92 Å². The molecule has 0 amide bonds. The Labute approximate surface area is 75.6 Å². The van der Waals surface area contributed by atoms with Crippen molar-refractivity contribution in [1.82, 2.24) is 0 Å². The van der Waals surface area contributed by atoms with Gasteiger partial charge in [-0.15, -0.1) is 22.7 Å². The first-order valence-electron chi connectivity index (χ1n) is 2.91. The largest absolute Gasteiger partial charge is 0.140 e. The molecule has 0 aliphatic heterocycles. The molecule has 0 spiro atoms. The maximum absolute atomic E-state index is 3.45. The van der Waals surface area contributed by atoms with Crippen LogP contribution in [-0.4, -0.2) is 0 Å². The van der Waals surface area contributed by atoms with Crippen LogP contribution < -0.4 is 0 Å². The molecule has 0 fully saturated rings. The van der Waals surface area contributed by atoms with Gasteiger partial charge in [-0.25, -0.2) is 0 Å². The lowest BCUT2D eigenvalue weighted by Gasteiger charge is -1.73. The van der Waals surface area contributed by atoms with Crippen molar-refractivity contribution < 1.29 is 0 Å². The van der Waals surface area contributed by atoms with Gasteiger partial charge in [-0.1, -0.05) is 0 Å². The molecule has 0 aromatic carbocycles. The van der Waals surface area contributed by atoms with E-state index in [0.717, 1.165) is 0 Å². The second kappa shape index (κ2) is 2.32. The van der Waals surface area contributed by atoms with Crippen LogP contribution in [0.4, 0.5) is 0 Å². The molecule has 0 saturated heterocycles. The normalized spacial score (nSPS) is 11.0. The molecule has 2 aromatic heterocycles. The number of halogens is 1. The van der Waals surface area contributed by atoms with Gasteiger partial charge in [-0.05, 0) is 35.0 Å². The molecule has 10 heavy (non-hydrogen) atoms. The van der Waals surface area contributed by atoms with Crippen molar-refractivity contribution in [2.24, 2.45) is 0 Å². The maximum atomic E-state index is 3.45. The molecule has 0 atom stereocenters. The second-order valence-electron chi connectivity index (χ2n) is 2.14. The van der Waals surface area contributed by atoms with Gasteiger partial charge in [0.1, 0.15) is 0 Å². The first kappa shape index (κ1) is 6.83. The summed E-state index contributed by atoms with van der Waals surface area (Å²) in [5.74, 6) is 0. The highest BCUT2D eigenvalue weighted by molar-refractivity contribution is 9.11. The third-order valence-electron chi connectivity index (χ3n) is 1.30. The van der Waals surface area contributed by atoms with Crippen LogP contribution in [0, 0.1) is 6.92 Å². The fourth-order valence-electron chi connectivity index (χ4n) is 0.927. The minimum Gasteiger partial charge on any atom is -0.140 e. The summed E-state index contributed by atoms with van der Waals surface area (Å²) in [5, 5.41) is 0. The number of aryl methyl sites for hydroxylation is 1. The Morgan fingerprint density at radius 3 is 2.60 bits per heavy atom. The summed E-state index contributed by atoms with van der Waals surface area (Å²) < 4.78 is 4.03. The first-order valence-corrected chi connectivity index (χ1v) is 5.34. The maximum Gasteiger partial charge on any atom is 0.0719 e. The van der Waals surface area contributed by atoms with E-state index in [0.29, 0.717) is 0 Å². The molecule has 0 nitrogen and oxygen atoms in total. The smallest absolute Gasteiger partial charge is 0.0719 e. The average molecular weight is 233 g/mol. The summed E-state index contributed by atoms with van der Waals surface area (Å²) in [6, 6.07) is 4.41. The van der Waals surface area contributed by atoms with Gasteiger partial charge in [0, 0.05) is 14.3 Å². The van der Waals surface area contributed by atoms with Gasteiger partial charge in [-0.2, -0.15) is 0 Å². The van der Waals surface area contributed by atoms with E-state index in [2.05, 4.69) is 35.0 Å². The number of hydrogen-bond donors (Lipinski definition) is 0. The summed E-state index contributed by atoms with van der Waals surface area (Å²) in [5.41, 5.74) is 0. The molecule has 3 heteroatoms. The van der Waals surface area contributed by atoms with Gasteiger partial charge in [0.15, 0.2) is 0 Å². The Balaban J connectivity index is 2.83. The summed E-state index contributed by atoms with van der Waals surface area (Å²) in [6.07, 6.45) is 0. The lowest BCUT2D eigenvalue weighted by Crippen LogP contribution is -1.46. The lowest BCUT2D eigenvalue weighted by molar-refractivity contribution is 1.66. The number of hydrogen-bond acceptors (Lipinski definition) is 2. The number of thiophene rings is 2. The number of rotatable bonds is 0. The van der Waals surface area contributed by atoms with Crippen molar-refractivity contribution in [3.05, 3.63) is 20.8 Å². The zero-order valence-corrected chi connectivity index (χ0v) is 8.57. The van der Waals surface area contributed by atoms with Gasteiger partial charge in [0.25, 0.3) is 0 Å². The Bertz CT molecular complexity index is 295. The van der Waals surface area contributed by atoms with E-state index in [9.17, 15) is 0 Å². The second-order valence-corrected chi connectivity index (χ2v) is 5.89.